The Balaban J connectivity index is 3.28. The fourth-order valence-corrected chi connectivity index (χ4v) is 1.18. The van der Waals surface area contributed by atoms with Gasteiger partial charge in [-0.05, 0) is 12.1 Å². The molecule has 0 fully saturated rings. The van der Waals surface area contributed by atoms with Crippen LogP contribution in [0.3, 0.4) is 0 Å². The van der Waals surface area contributed by atoms with Crippen LogP contribution in [0, 0.1) is 5.82 Å². The van der Waals surface area contributed by atoms with Gasteiger partial charge in [-0.25, -0.2) is 4.39 Å². The molecule has 2 nitrogen and oxygen atoms in total. The van der Waals surface area contributed by atoms with Crippen molar-refractivity contribution in [2.45, 2.75) is 13.3 Å². The third-order valence-electron chi connectivity index (χ3n) is 1.65. The van der Waals surface area contributed by atoms with E-state index in [-0.39, 0.29) is 28.5 Å². The summed E-state index contributed by atoms with van der Waals surface area (Å²) in [5, 5.41) is 9.16. The minimum Gasteiger partial charge on any atom is -0.506 e. The van der Waals surface area contributed by atoms with E-state index < -0.39 is 5.82 Å². The van der Waals surface area contributed by atoms with Gasteiger partial charge in [0.1, 0.15) is 11.6 Å². The molecule has 0 aliphatic carbocycles. The quantitative estimate of drug-likeness (QED) is 0.749. The first-order chi connectivity index (χ1) is 6.06. The second-order valence-corrected chi connectivity index (χ2v) is 2.97. The maximum Gasteiger partial charge on any atom is 0.166 e. The second kappa shape index (κ2) is 3.75. The summed E-state index contributed by atoms with van der Waals surface area (Å²) in [6.07, 6.45) is 0.202. The number of ketones is 1. The summed E-state index contributed by atoms with van der Waals surface area (Å²) in [4.78, 5) is 11.2. The minimum absolute atomic E-state index is 0.0625. The Morgan fingerprint density at radius 2 is 2.23 bits per heavy atom. The molecule has 0 aliphatic rings. The number of carbonyl (C=O) groups is 1. The van der Waals surface area contributed by atoms with E-state index in [0.717, 1.165) is 12.1 Å². The van der Waals surface area contributed by atoms with E-state index >= 15 is 0 Å². The van der Waals surface area contributed by atoms with E-state index in [2.05, 4.69) is 0 Å². The standard InChI is InChI=1S/C9H8ClFO2/c1-2-8(12)6-3-5(11)4-7(10)9(6)13/h3-4,13H,2H2,1H3. The third kappa shape index (κ3) is 1.98. The highest BCUT2D eigenvalue weighted by Crippen LogP contribution is 2.29. The fourth-order valence-electron chi connectivity index (χ4n) is 0.969. The van der Waals surface area contributed by atoms with E-state index in [1.807, 2.05) is 0 Å². The van der Waals surface area contributed by atoms with Gasteiger partial charge >= 0.3 is 0 Å². The number of hydrogen-bond donors (Lipinski definition) is 1. The van der Waals surface area contributed by atoms with Gasteiger partial charge in [0.05, 0.1) is 10.6 Å². The number of phenols is 1. The van der Waals surface area contributed by atoms with Gasteiger partial charge in [-0.3, -0.25) is 4.79 Å². The van der Waals surface area contributed by atoms with Gasteiger partial charge in [0.25, 0.3) is 0 Å². The van der Waals surface area contributed by atoms with Crippen molar-refractivity contribution in [1.82, 2.24) is 0 Å². The molecule has 70 valence electrons. The molecule has 0 heterocycles. The zero-order chi connectivity index (χ0) is 10.0. The first-order valence-corrected chi connectivity index (χ1v) is 4.15. The van der Waals surface area contributed by atoms with E-state index in [1.54, 1.807) is 6.92 Å². The molecule has 13 heavy (non-hydrogen) atoms. The van der Waals surface area contributed by atoms with Gasteiger partial charge in [-0.15, -0.1) is 0 Å². The zero-order valence-electron chi connectivity index (χ0n) is 6.97. The highest BCUT2D eigenvalue weighted by atomic mass is 35.5. The van der Waals surface area contributed by atoms with Crippen LogP contribution in [0.5, 0.6) is 5.75 Å². The predicted octanol–water partition coefficient (Wildman–Crippen LogP) is 2.78. The lowest BCUT2D eigenvalue weighted by molar-refractivity contribution is 0.0985. The fraction of sp³-hybridized carbons (Fsp3) is 0.222. The number of aromatic hydroxyl groups is 1. The lowest BCUT2D eigenvalue weighted by Gasteiger charge is -2.03. The highest BCUT2D eigenvalue weighted by molar-refractivity contribution is 6.32. The van der Waals surface area contributed by atoms with Gasteiger partial charge in [0.2, 0.25) is 0 Å². The SMILES string of the molecule is CCC(=O)c1cc(F)cc(Cl)c1O. The number of carbonyl (C=O) groups excluding carboxylic acids is 1. The normalized spacial score (nSPS) is 10.1. The Kier molecular flexibility index (Phi) is 2.88. The Hall–Kier alpha value is -1.09. The van der Waals surface area contributed by atoms with Crippen molar-refractivity contribution in [3.63, 3.8) is 0 Å². The van der Waals surface area contributed by atoms with Gasteiger partial charge in [0.15, 0.2) is 5.78 Å². The molecule has 0 atom stereocenters. The van der Waals surface area contributed by atoms with Gasteiger partial charge in [-0.2, -0.15) is 0 Å². The molecule has 0 saturated heterocycles. The summed E-state index contributed by atoms with van der Waals surface area (Å²) >= 11 is 5.48. The van der Waals surface area contributed by atoms with Gasteiger partial charge in [-0.1, -0.05) is 18.5 Å². The molecule has 0 radical (unpaired) electrons. The average Bonchev–Trinajstić information content (AvgIpc) is 2.10. The van der Waals surface area contributed by atoms with Crippen LogP contribution in [0.4, 0.5) is 4.39 Å². The Bertz CT molecular complexity index is 350. The molecule has 1 rings (SSSR count). The molecule has 0 amide bonds. The molecule has 0 saturated carbocycles. The van der Waals surface area contributed by atoms with Crippen molar-refractivity contribution in [3.05, 3.63) is 28.5 Å². The molecule has 1 N–H and O–H groups in total. The summed E-state index contributed by atoms with van der Waals surface area (Å²) in [5.74, 6) is -1.31. The Morgan fingerprint density at radius 1 is 1.62 bits per heavy atom. The first kappa shape index (κ1) is 9.99. The van der Waals surface area contributed by atoms with Crippen LogP contribution in [0.2, 0.25) is 5.02 Å². The van der Waals surface area contributed by atoms with Crippen molar-refractivity contribution in [1.29, 1.82) is 0 Å². The molecule has 0 aliphatic heterocycles. The maximum absolute atomic E-state index is 12.8. The first-order valence-electron chi connectivity index (χ1n) is 3.77. The van der Waals surface area contributed by atoms with E-state index in [0.29, 0.717) is 0 Å². The summed E-state index contributed by atoms with van der Waals surface area (Å²) in [5.41, 5.74) is -0.0625. The second-order valence-electron chi connectivity index (χ2n) is 2.56. The summed E-state index contributed by atoms with van der Waals surface area (Å²) in [6, 6.07) is 1.94. The Labute approximate surface area is 80.0 Å². The third-order valence-corrected chi connectivity index (χ3v) is 1.94. The summed E-state index contributed by atoms with van der Waals surface area (Å²) < 4.78 is 12.8. The van der Waals surface area contributed by atoms with Crippen molar-refractivity contribution in [2.24, 2.45) is 0 Å². The lowest BCUT2D eigenvalue weighted by atomic mass is 10.1. The summed E-state index contributed by atoms with van der Waals surface area (Å²) in [7, 11) is 0. The molecule has 1 aromatic carbocycles. The molecule has 0 aromatic heterocycles. The van der Waals surface area contributed by atoms with Crippen LogP contribution < -0.4 is 0 Å². The number of halogens is 2. The molecule has 0 unspecified atom stereocenters. The largest absolute Gasteiger partial charge is 0.506 e. The lowest BCUT2D eigenvalue weighted by Crippen LogP contribution is -1.98. The molecule has 0 bridgehead atoms. The number of hydrogen-bond acceptors (Lipinski definition) is 2. The van der Waals surface area contributed by atoms with Crippen molar-refractivity contribution >= 4 is 17.4 Å². The van der Waals surface area contributed by atoms with Gasteiger partial charge in [0, 0.05) is 6.42 Å². The Morgan fingerprint density at radius 3 is 2.77 bits per heavy atom. The van der Waals surface area contributed by atoms with Crippen LogP contribution in [0.1, 0.15) is 23.7 Å². The average molecular weight is 203 g/mol. The number of Topliss-reactive ketones (excluding diaryl/α,β-unsaturated/α-hetero) is 1. The van der Waals surface area contributed by atoms with E-state index in [1.165, 1.54) is 0 Å². The molecular formula is C9H8ClFO2. The van der Waals surface area contributed by atoms with Crippen LogP contribution in [-0.4, -0.2) is 10.9 Å². The van der Waals surface area contributed by atoms with Crippen LogP contribution in [0.25, 0.3) is 0 Å². The topological polar surface area (TPSA) is 37.3 Å². The minimum atomic E-state index is -0.625. The zero-order valence-corrected chi connectivity index (χ0v) is 7.73. The van der Waals surface area contributed by atoms with E-state index in [4.69, 9.17) is 11.6 Å². The maximum atomic E-state index is 12.8. The molecule has 1 aromatic rings. The van der Waals surface area contributed by atoms with Gasteiger partial charge < -0.3 is 5.11 Å². The van der Waals surface area contributed by atoms with Crippen LogP contribution >= 0.6 is 11.6 Å². The predicted molar refractivity (Wildman–Crippen MR) is 47.7 cm³/mol. The number of phenolic OH excluding ortho intramolecular Hbond substituents is 1. The van der Waals surface area contributed by atoms with Crippen molar-refractivity contribution in [3.8, 4) is 5.75 Å². The van der Waals surface area contributed by atoms with Crippen LogP contribution in [-0.2, 0) is 0 Å². The monoisotopic (exact) mass is 202 g/mol. The number of benzene rings is 1. The molecule has 4 heteroatoms. The summed E-state index contributed by atoms with van der Waals surface area (Å²) in [6.45, 7) is 1.63. The molecule has 0 spiro atoms. The number of rotatable bonds is 2. The van der Waals surface area contributed by atoms with E-state index in [9.17, 15) is 14.3 Å². The van der Waals surface area contributed by atoms with Crippen molar-refractivity contribution in [2.75, 3.05) is 0 Å². The van der Waals surface area contributed by atoms with Crippen LogP contribution in [0.15, 0.2) is 12.1 Å². The molecular weight excluding hydrogens is 195 g/mol. The smallest absolute Gasteiger partial charge is 0.166 e. The van der Waals surface area contributed by atoms with Crippen molar-refractivity contribution < 1.29 is 14.3 Å². The highest BCUT2D eigenvalue weighted by Gasteiger charge is 2.13.